The number of pyridine rings is 1. The van der Waals surface area contributed by atoms with Crippen molar-refractivity contribution in [1.82, 2.24) is 24.9 Å². The molecule has 0 radical (unpaired) electrons. The van der Waals surface area contributed by atoms with Gasteiger partial charge in [-0.3, -0.25) is 4.79 Å². The SMILES string of the molecule is Cc1cn2cc(NC(=O)c3ccc(N4CCN[C@@H](C)C4)c4ccnnc34)cc(F)c2n1. The highest BCUT2D eigenvalue weighted by molar-refractivity contribution is 6.13. The number of hydrogen-bond acceptors (Lipinski definition) is 6. The van der Waals surface area contributed by atoms with E-state index in [-0.39, 0.29) is 11.6 Å². The van der Waals surface area contributed by atoms with E-state index in [0.717, 1.165) is 30.7 Å². The number of carbonyl (C=O) groups is 1. The zero-order valence-corrected chi connectivity index (χ0v) is 17.3. The monoisotopic (exact) mass is 419 g/mol. The number of halogens is 1. The largest absolute Gasteiger partial charge is 0.368 e. The number of rotatable bonds is 3. The Morgan fingerprint density at radius 1 is 1.29 bits per heavy atom. The number of aryl methyl sites for hydroxylation is 1. The van der Waals surface area contributed by atoms with Crippen LogP contribution in [0.15, 0.2) is 42.9 Å². The van der Waals surface area contributed by atoms with Crippen LogP contribution in [0.2, 0.25) is 0 Å². The Morgan fingerprint density at radius 2 is 2.16 bits per heavy atom. The minimum absolute atomic E-state index is 0.224. The van der Waals surface area contributed by atoms with Gasteiger partial charge in [0.1, 0.15) is 5.52 Å². The van der Waals surface area contributed by atoms with Crippen LogP contribution in [0.1, 0.15) is 23.0 Å². The molecule has 0 unspecified atom stereocenters. The third kappa shape index (κ3) is 3.57. The van der Waals surface area contributed by atoms with Gasteiger partial charge in [-0.1, -0.05) is 0 Å². The van der Waals surface area contributed by atoms with Gasteiger partial charge >= 0.3 is 0 Å². The molecule has 4 aromatic rings. The molecule has 1 saturated heterocycles. The third-order valence-electron chi connectivity index (χ3n) is 5.50. The van der Waals surface area contributed by atoms with Crippen molar-refractivity contribution in [2.75, 3.05) is 29.9 Å². The molecule has 1 fully saturated rings. The zero-order chi connectivity index (χ0) is 21.5. The maximum atomic E-state index is 14.4. The van der Waals surface area contributed by atoms with Crippen LogP contribution < -0.4 is 15.5 Å². The zero-order valence-electron chi connectivity index (χ0n) is 17.3. The van der Waals surface area contributed by atoms with Crippen molar-refractivity contribution in [3.63, 3.8) is 0 Å². The van der Waals surface area contributed by atoms with Gasteiger partial charge in [-0.25, -0.2) is 9.37 Å². The van der Waals surface area contributed by atoms with Crippen molar-refractivity contribution in [2.24, 2.45) is 0 Å². The minimum atomic E-state index is -0.501. The lowest BCUT2D eigenvalue weighted by atomic mass is 10.1. The molecule has 1 aromatic carbocycles. The van der Waals surface area contributed by atoms with E-state index in [1.165, 1.54) is 6.07 Å². The van der Waals surface area contributed by atoms with Gasteiger partial charge < -0.3 is 19.9 Å². The van der Waals surface area contributed by atoms with Crippen molar-refractivity contribution in [3.05, 3.63) is 59.9 Å². The van der Waals surface area contributed by atoms with Crippen LogP contribution in [0.25, 0.3) is 16.6 Å². The average Bonchev–Trinajstić information content (AvgIpc) is 3.13. The van der Waals surface area contributed by atoms with E-state index in [0.29, 0.717) is 28.5 Å². The smallest absolute Gasteiger partial charge is 0.257 e. The number of carbonyl (C=O) groups excluding carboxylic acids is 1. The Morgan fingerprint density at radius 3 is 3.00 bits per heavy atom. The predicted octanol–water partition coefficient (Wildman–Crippen LogP) is 2.78. The first-order valence-electron chi connectivity index (χ1n) is 10.2. The summed E-state index contributed by atoms with van der Waals surface area (Å²) in [5.41, 5.74) is 3.18. The molecule has 3 aromatic heterocycles. The standard InChI is InChI=1S/C22H22FN7O/c1-13-10-29(8-7-24-13)19-4-3-17(20-16(19)5-6-25-28-20)22(31)27-15-9-18(23)21-26-14(2)11-30(21)12-15/h3-6,9,11-13,24H,7-8,10H2,1-2H3,(H,27,31)/t13-/m0/s1. The number of nitrogens with zero attached hydrogens (tertiary/aromatic N) is 5. The normalized spacial score (nSPS) is 16.7. The van der Waals surface area contributed by atoms with Crippen molar-refractivity contribution in [2.45, 2.75) is 19.9 Å². The van der Waals surface area contributed by atoms with Gasteiger partial charge in [0.15, 0.2) is 11.5 Å². The second kappa shape index (κ2) is 7.59. The van der Waals surface area contributed by atoms with E-state index in [2.05, 4.69) is 37.6 Å². The fourth-order valence-electron chi connectivity index (χ4n) is 4.12. The number of imidazole rings is 1. The molecule has 8 nitrogen and oxygen atoms in total. The lowest BCUT2D eigenvalue weighted by molar-refractivity contribution is 0.102. The molecular formula is C22H22FN7O. The van der Waals surface area contributed by atoms with Gasteiger partial charge in [0.2, 0.25) is 0 Å². The maximum absolute atomic E-state index is 14.4. The summed E-state index contributed by atoms with van der Waals surface area (Å²) in [6.07, 6.45) is 4.97. The summed E-state index contributed by atoms with van der Waals surface area (Å²) in [4.78, 5) is 19.5. The highest BCUT2D eigenvalue weighted by Gasteiger charge is 2.21. The van der Waals surface area contributed by atoms with Crippen LogP contribution >= 0.6 is 0 Å². The Hall–Kier alpha value is -3.59. The topological polar surface area (TPSA) is 87.5 Å². The van der Waals surface area contributed by atoms with Crippen molar-refractivity contribution in [3.8, 4) is 0 Å². The second-order valence-corrected chi connectivity index (χ2v) is 7.87. The highest BCUT2D eigenvalue weighted by Crippen LogP contribution is 2.29. The molecule has 5 rings (SSSR count). The second-order valence-electron chi connectivity index (χ2n) is 7.87. The summed E-state index contributed by atoms with van der Waals surface area (Å²) >= 11 is 0. The van der Waals surface area contributed by atoms with Gasteiger partial charge in [0.25, 0.3) is 5.91 Å². The van der Waals surface area contributed by atoms with E-state index in [1.807, 2.05) is 12.1 Å². The van der Waals surface area contributed by atoms with Gasteiger partial charge in [0, 0.05) is 55.2 Å². The summed E-state index contributed by atoms with van der Waals surface area (Å²) in [5, 5.41) is 15.3. The molecule has 1 aliphatic rings. The number of benzene rings is 1. The molecule has 4 heterocycles. The summed E-state index contributed by atoms with van der Waals surface area (Å²) < 4.78 is 16.0. The maximum Gasteiger partial charge on any atom is 0.257 e. The van der Waals surface area contributed by atoms with Gasteiger partial charge in [-0.2, -0.15) is 5.10 Å². The fraction of sp³-hybridized carbons (Fsp3) is 0.273. The fourth-order valence-corrected chi connectivity index (χ4v) is 4.12. The molecule has 1 amide bonds. The lowest BCUT2D eigenvalue weighted by Crippen LogP contribution is -2.49. The number of nitrogens with one attached hydrogen (secondary N) is 2. The van der Waals surface area contributed by atoms with Crippen LogP contribution in [0.3, 0.4) is 0 Å². The molecule has 9 heteroatoms. The number of amides is 1. The van der Waals surface area contributed by atoms with E-state index >= 15 is 0 Å². The summed E-state index contributed by atoms with van der Waals surface area (Å²) in [6.45, 7) is 6.57. The van der Waals surface area contributed by atoms with Gasteiger partial charge in [-0.05, 0) is 32.0 Å². The third-order valence-corrected chi connectivity index (χ3v) is 5.50. The van der Waals surface area contributed by atoms with E-state index in [1.54, 1.807) is 36.0 Å². The summed E-state index contributed by atoms with van der Waals surface area (Å²) in [7, 11) is 0. The predicted molar refractivity (Wildman–Crippen MR) is 117 cm³/mol. The van der Waals surface area contributed by atoms with Crippen molar-refractivity contribution in [1.29, 1.82) is 0 Å². The molecule has 31 heavy (non-hydrogen) atoms. The Labute approximate surface area is 178 Å². The molecule has 158 valence electrons. The molecular weight excluding hydrogens is 397 g/mol. The first kappa shape index (κ1) is 19.4. The van der Waals surface area contributed by atoms with Crippen LogP contribution in [0, 0.1) is 12.7 Å². The van der Waals surface area contributed by atoms with Crippen LogP contribution in [-0.4, -0.2) is 51.2 Å². The highest BCUT2D eigenvalue weighted by atomic mass is 19.1. The molecule has 2 N–H and O–H groups in total. The van der Waals surface area contributed by atoms with E-state index < -0.39 is 5.82 Å². The Balaban J connectivity index is 1.50. The van der Waals surface area contributed by atoms with Crippen molar-refractivity contribution >= 4 is 33.8 Å². The van der Waals surface area contributed by atoms with Crippen LogP contribution in [-0.2, 0) is 0 Å². The van der Waals surface area contributed by atoms with Gasteiger partial charge in [-0.15, -0.1) is 5.10 Å². The average molecular weight is 419 g/mol. The molecule has 0 aliphatic carbocycles. The lowest BCUT2D eigenvalue weighted by Gasteiger charge is -2.34. The molecule has 1 aliphatic heterocycles. The number of hydrogen-bond donors (Lipinski definition) is 2. The minimum Gasteiger partial charge on any atom is -0.368 e. The number of aromatic nitrogens is 4. The Kier molecular flexibility index (Phi) is 4.74. The van der Waals surface area contributed by atoms with Crippen LogP contribution in [0.4, 0.5) is 15.8 Å². The molecule has 0 bridgehead atoms. The Bertz CT molecular complexity index is 1300. The quantitative estimate of drug-likeness (QED) is 0.531. The van der Waals surface area contributed by atoms with E-state index in [4.69, 9.17) is 0 Å². The first-order chi connectivity index (χ1) is 15.0. The summed E-state index contributed by atoms with van der Waals surface area (Å²) in [5.74, 6) is -0.875. The molecule has 0 saturated carbocycles. The number of fused-ring (bicyclic) bond motifs is 2. The molecule has 1 atom stereocenters. The van der Waals surface area contributed by atoms with Crippen LogP contribution in [0.5, 0.6) is 0 Å². The van der Waals surface area contributed by atoms with E-state index in [9.17, 15) is 9.18 Å². The summed E-state index contributed by atoms with van der Waals surface area (Å²) in [6, 6.07) is 7.22. The number of piperazine rings is 1. The van der Waals surface area contributed by atoms with Gasteiger partial charge in [0.05, 0.1) is 23.1 Å². The number of anilines is 2. The van der Waals surface area contributed by atoms with Crippen molar-refractivity contribution < 1.29 is 9.18 Å². The molecule has 0 spiro atoms. The first-order valence-corrected chi connectivity index (χ1v) is 10.2.